The van der Waals surface area contributed by atoms with Crippen molar-refractivity contribution >= 4 is 60.6 Å². The fraction of sp³-hybridized carbons (Fsp3) is 0.297. The van der Waals surface area contributed by atoms with E-state index in [0.29, 0.717) is 19.5 Å². The number of likely N-dealkylation sites (N-methyl/N-ethyl adjacent to an activating group) is 1. The predicted octanol–water partition coefficient (Wildman–Crippen LogP) is 6.15. The molecule has 4 atom stereocenters. The van der Waals surface area contributed by atoms with Crippen LogP contribution in [0.2, 0.25) is 0 Å². The fourth-order valence-corrected chi connectivity index (χ4v) is 9.12. The molecular weight excluding hydrogens is 576 g/mol. The van der Waals surface area contributed by atoms with Crippen LogP contribution in [0.4, 0.5) is 0 Å². The van der Waals surface area contributed by atoms with E-state index in [2.05, 4.69) is 112 Å². The predicted molar refractivity (Wildman–Crippen MR) is 179 cm³/mol. The van der Waals surface area contributed by atoms with Crippen LogP contribution in [0.1, 0.15) is 41.3 Å². The van der Waals surface area contributed by atoms with Crippen LogP contribution in [0.15, 0.2) is 72.8 Å². The summed E-state index contributed by atoms with van der Waals surface area (Å²) < 4.78 is 20.8. The lowest BCUT2D eigenvalue weighted by molar-refractivity contribution is -0.268. The van der Waals surface area contributed by atoms with Crippen molar-refractivity contribution in [1.82, 2.24) is 28.9 Å². The second-order valence-corrected chi connectivity index (χ2v) is 13.3. The number of carbonyl (C=O) groups is 1. The number of aryl methyl sites for hydroxylation is 1. The highest BCUT2D eigenvalue weighted by molar-refractivity contribution is 6.31. The van der Waals surface area contributed by atoms with Gasteiger partial charge in [0.15, 0.2) is 5.72 Å². The van der Waals surface area contributed by atoms with E-state index in [9.17, 15) is 4.79 Å². The zero-order valence-corrected chi connectivity index (χ0v) is 26.2. The molecule has 230 valence electrons. The average molecular weight is 611 g/mol. The number of nitrogens with one attached hydrogen (secondary N) is 1. The first-order valence-corrected chi connectivity index (χ1v) is 16.0. The van der Waals surface area contributed by atoms with Gasteiger partial charge < -0.3 is 28.5 Å². The normalized spacial score (nSPS) is 23.8. The Kier molecular flexibility index (Phi) is 5.17. The molecular formula is C37H34N6O3. The Labute approximate surface area is 264 Å². The summed E-state index contributed by atoms with van der Waals surface area (Å²) in [5, 5.41) is 7.50. The highest BCUT2D eigenvalue weighted by Gasteiger charge is 2.54. The topological polar surface area (TPSA) is 78.5 Å². The molecule has 1 saturated heterocycles. The van der Waals surface area contributed by atoms with E-state index in [1.54, 1.807) is 7.11 Å². The first kappa shape index (κ1) is 26.5. The first-order chi connectivity index (χ1) is 22.4. The Morgan fingerprint density at radius 3 is 2.43 bits per heavy atom. The van der Waals surface area contributed by atoms with Gasteiger partial charge in [-0.15, -0.1) is 0 Å². The van der Waals surface area contributed by atoms with Crippen molar-refractivity contribution in [1.29, 1.82) is 0 Å². The van der Waals surface area contributed by atoms with E-state index in [4.69, 9.17) is 14.5 Å². The number of hydrogen-bond acceptors (Lipinski definition) is 5. The minimum atomic E-state index is -0.859. The summed E-state index contributed by atoms with van der Waals surface area (Å²) >= 11 is 0. The van der Waals surface area contributed by atoms with E-state index in [-0.39, 0.29) is 24.3 Å². The van der Waals surface area contributed by atoms with E-state index in [0.717, 1.165) is 71.6 Å². The molecule has 10 rings (SSSR count). The van der Waals surface area contributed by atoms with Crippen molar-refractivity contribution in [2.24, 2.45) is 7.05 Å². The van der Waals surface area contributed by atoms with Crippen LogP contribution < -0.4 is 5.32 Å². The van der Waals surface area contributed by atoms with Gasteiger partial charge in [-0.05, 0) is 43.8 Å². The molecule has 3 aliphatic heterocycles. The van der Waals surface area contributed by atoms with E-state index < -0.39 is 5.72 Å². The zero-order valence-electron chi connectivity index (χ0n) is 26.2. The molecule has 7 aromatic rings. The molecule has 0 unspecified atom stereocenters. The summed E-state index contributed by atoms with van der Waals surface area (Å²) in [4.78, 5) is 21.0. The average Bonchev–Trinajstić information content (AvgIpc) is 3.79. The largest absolute Gasteiger partial charge is 0.375 e. The summed E-state index contributed by atoms with van der Waals surface area (Å²) in [6.07, 6.45) is 0.105. The number of carbonyl (C=O) groups excluding carboxylic acids is 1. The minimum Gasteiger partial charge on any atom is -0.375 e. The Hall–Kier alpha value is -4.70. The first-order valence-electron chi connectivity index (χ1n) is 16.0. The number of rotatable bonds is 4. The third-order valence-electron chi connectivity index (χ3n) is 11.0. The SMILES string of the molecule is CO[C@@H]1[C@H](N(C)Cc2nc3ccccc3n2C)C[C@H]2O[C@]1(C)n1c3ccccc3c3c4c(c5c6ccccc6n2c5c31)C(=O)NC4. The smallest absolute Gasteiger partial charge is 0.252 e. The lowest BCUT2D eigenvalue weighted by Gasteiger charge is -2.50. The Balaban J connectivity index is 1.27. The molecule has 6 heterocycles. The van der Waals surface area contributed by atoms with Crippen molar-refractivity contribution in [2.75, 3.05) is 14.2 Å². The summed E-state index contributed by atoms with van der Waals surface area (Å²) in [5.74, 6) is 0.998. The zero-order chi connectivity index (χ0) is 31.1. The molecule has 3 aromatic heterocycles. The molecule has 3 aliphatic rings. The number of amides is 1. The lowest BCUT2D eigenvalue weighted by Crippen LogP contribution is -2.60. The number of benzene rings is 4. The van der Waals surface area contributed by atoms with Gasteiger partial charge in [0.05, 0.1) is 45.2 Å². The number of hydrogen-bond donors (Lipinski definition) is 1. The fourth-order valence-electron chi connectivity index (χ4n) is 9.12. The molecule has 1 amide bonds. The minimum absolute atomic E-state index is 0.00850. The van der Waals surface area contributed by atoms with Crippen LogP contribution in [0.5, 0.6) is 0 Å². The monoisotopic (exact) mass is 610 g/mol. The molecule has 4 aromatic carbocycles. The maximum atomic E-state index is 13.6. The highest BCUT2D eigenvalue weighted by Crippen LogP contribution is 2.54. The van der Waals surface area contributed by atoms with Crippen molar-refractivity contribution in [3.8, 4) is 0 Å². The molecule has 46 heavy (non-hydrogen) atoms. The number of imidazole rings is 1. The number of nitrogens with zero attached hydrogens (tertiary/aromatic N) is 5. The van der Waals surface area contributed by atoms with Crippen LogP contribution in [0.3, 0.4) is 0 Å². The number of para-hydroxylation sites is 4. The van der Waals surface area contributed by atoms with Crippen molar-refractivity contribution < 1.29 is 14.3 Å². The Bertz CT molecular complexity index is 2450. The maximum Gasteiger partial charge on any atom is 0.252 e. The molecule has 9 heteroatoms. The highest BCUT2D eigenvalue weighted by atomic mass is 16.6. The molecule has 0 aliphatic carbocycles. The van der Waals surface area contributed by atoms with Gasteiger partial charge in [-0.2, -0.15) is 0 Å². The quantitative estimate of drug-likeness (QED) is 0.259. The summed E-state index contributed by atoms with van der Waals surface area (Å²) in [6, 6.07) is 25.3. The van der Waals surface area contributed by atoms with Crippen LogP contribution in [0, 0.1) is 0 Å². The van der Waals surface area contributed by atoms with Crippen molar-refractivity contribution in [3.05, 3.63) is 89.7 Å². The van der Waals surface area contributed by atoms with Gasteiger partial charge in [0.1, 0.15) is 18.2 Å². The number of methoxy groups -OCH3 is 1. The Morgan fingerprint density at radius 2 is 1.67 bits per heavy atom. The molecule has 0 spiro atoms. The second-order valence-electron chi connectivity index (χ2n) is 13.3. The molecule has 0 saturated carbocycles. The van der Waals surface area contributed by atoms with E-state index >= 15 is 0 Å². The summed E-state index contributed by atoms with van der Waals surface area (Å²) in [7, 11) is 6.07. The van der Waals surface area contributed by atoms with Gasteiger partial charge in [0, 0.05) is 54.7 Å². The van der Waals surface area contributed by atoms with Crippen molar-refractivity contribution in [2.45, 2.75) is 50.5 Å². The van der Waals surface area contributed by atoms with E-state index in [1.165, 1.54) is 0 Å². The third kappa shape index (κ3) is 3.10. The number of ether oxygens (including phenoxy) is 2. The van der Waals surface area contributed by atoms with Gasteiger partial charge >= 0.3 is 0 Å². The molecule has 0 radical (unpaired) electrons. The van der Waals surface area contributed by atoms with Gasteiger partial charge in [0.25, 0.3) is 5.91 Å². The van der Waals surface area contributed by atoms with Crippen LogP contribution >= 0.6 is 0 Å². The molecule has 1 N–H and O–H groups in total. The number of fused-ring (bicyclic) bond motifs is 14. The standard InChI is InChI=1S/C37H34N6O3/c1-37-35(45-4)27(40(2)19-28-39-23-13-7-10-16-26(23)41(28)3)17-29(46-37)42-24-14-8-5-11-20(24)31-32-22(18-38-36(32)44)30-21-12-6-9-15-25(21)43(37)34(30)33(31)42/h5-16,27,29,35H,17-19H2,1-4H3,(H,38,44)/t27-,29-,35-,37+/m1/s1. The second kappa shape index (κ2) is 8.97. The molecule has 2 bridgehead atoms. The molecule has 1 fully saturated rings. The van der Waals surface area contributed by atoms with Crippen LogP contribution in [0.25, 0.3) is 54.6 Å². The van der Waals surface area contributed by atoms with Gasteiger partial charge in [-0.25, -0.2) is 4.98 Å². The van der Waals surface area contributed by atoms with Gasteiger partial charge in [-0.3, -0.25) is 9.69 Å². The van der Waals surface area contributed by atoms with Crippen LogP contribution in [-0.2, 0) is 35.3 Å². The lowest BCUT2D eigenvalue weighted by atomic mass is 9.91. The van der Waals surface area contributed by atoms with Crippen molar-refractivity contribution in [3.63, 3.8) is 0 Å². The number of aromatic nitrogens is 4. The van der Waals surface area contributed by atoms with Gasteiger partial charge in [0.2, 0.25) is 0 Å². The van der Waals surface area contributed by atoms with Gasteiger partial charge in [-0.1, -0.05) is 48.5 Å². The third-order valence-corrected chi connectivity index (χ3v) is 11.0. The summed E-state index contributed by atoms with van der Waals surface area (Å²) in [5.41, 5.74) is 7.44. The molecule has 9 nitrogen and oxygen atoms in total. The van der Waals surface area contributed by atoms with Crippen LogP contribution in [-0.4, -0.2) is 55.8 Å². The van der Waals surface area contributed by atoms with E-state index in [1.807, 2.05) is 6.07 Å². The maximum absolute atomic E-state index is 13.6. The Morgan fingerprint density at radius 1 is 0.978 bits per heavy atom. The summed E-state index contributed by atoms with van der Waals surface area (Å²) in [6.45, 7) is 3.35.